The number of rotatable bonds is 5. The summed E-state index contributed by atoms with van der Waals surface area (Å²) >= 11 is 5.11. The van der Waals surface area contributed by atoms with Crippen LogP contribution in [-0.4, -0.2) is 30.6 Å². The Kier molecular flexibility index (Phi) is 4.76. The molecule has 0 spiro atoms. The van der Waals surface area contributed by atoms with Crippen molar-refractivity contribution >= 4 is 39.2 Å². The van der Waals surface area contributed by atoms with E-state index in [1.165, 1.54) is 9.78 Å². The largest absolute Gasteiger partial charge is 0.329 e. The predicted molar refractivity (Wildman–Crippen MR) is 96.6 cm³/mol. The summed E-state index contributed by atoms with van der Waals surface area (Å²) < 4.78 is 1.08. The van der Waals surface area contributed by atoms with Gasteiger partial charge in [0.15, 0.2) is 6.67 Å². The lowest BCUT2D eigenvalue weighted by atomic mass is 9.92. The molecule has 3 rings (SSSR count). The molecule has 1 aromatic carbocycles. The second-order valence-electron chi connectivity index (χ2n) is 6.15. The molecule has 3 amide bonds. The van der Waals surface area contributed by atoms with Crippen molar-refractivity contribution in [1.82, 2.24) is 10.2 Å². The van der Waals surface area contributed by atoms with Gasteiger partial charge in [-0.05, 0) is 40.5 Å². The normalized spacial score (nSPS) is 21.9. The molecular formula is C17H19BrN3O2S+. The van der Waals surface area contributed by atoms with Gasteiger partial charge < -0.3 is 10.2 Å². The number of thiophene rings is 1. The first-order chi connectivity index (χ1) is 11.4. The van der Waals surface area contributed by atoms with Gasteiger partial charge in [-0.2, -0.15) is 0 Å². The van der Waals surface area contributed by atoms with Crippen molar-refractivity contribution in [3.05, 3.63) is 56.7 Å². The summed E-state index contributed by atoms with van der Waals surface area (Å²) in [5.41, 5.74) is -0.199. The molecule has 1 unspecified atom stereocenters. The Balaban J connectivity index is 1.72. The van der Waals surface area contributed by atoms with E-state index in [0.717, 1.165) is 20.8 Å². The first-order valence-electron chi connectivity index (χ1n) is 7.65. The highest BCUT2D eigenvalue weighted by atomic mass is 79.9. The van der Waals surface area contributed by atoms with Crippen molar-refractivity contribution in [3.8, 4) is 0 Å². The lowest BCUT2D eigenvalue weighted by Crippen LogP contribution is -3.09. The van der Waals surface area contributed by atoms with E-state index in [9.17, 15) is 9.59 Å². The average molecular weight is 409 g/mol. The molecule has 1 aliphatic rings. The van der Waals surface area contributed by atoms with Crippen LogP contribution in [0.3, 0.4) is 0 Å². The zero-order valence-corrected chi connectivity index (χ0v) is 15.9. The standard InChI is InChI=1S/C17H18BrN3O2S/c1-17(12-6-4-3-5-7-12)15(22)21(16(23)19-17)11-20(2)10-13-8-9-14(18)24-13/h3-9H,10-11H2,1-2H3,(H,19,23)/p+1/t17-/m1/s1. The van der Waals surface area contributed by atoms with Crippen molar-refractivity contribution < 1.29 is 14.5 Å². The average Bonchev–Trinajstić information content (AvgIpc) is 3.05. The van der Waals surface area contributed by atoms with E-state index in [1.54, 1.807) is 18.3 Å². The molecule has 2 aromatic rings. The van der Waals surface area contributed by atoms with Crippen LogP contribution < -0.4 is 10.2 Å². The van der Waals surface area contributed by atoms with Crippen LogP contribution in [0, 0.1) is 0 Å². The number of nitrogens with one attached hydrogen (secondary N) is 2. The van der Waals surface area contributed by atoms with E-state index in [4.69, 9.17) is 0 Å². The summed E-state index contributed by atoms with van der Waals surface area (Å²) in [5.74, 6) is -0.203. The summed E-state index contributed by atoms with van der Waals surface area (Å²) in [6, 6.07) is 13.1. The van der Waals surface area contributed by atoms with Gasteiger partial charge in [-0.3, -0.25) is 4.79 Å². The smallest absolute Gasteiger partial charge is 0.319 e. The Morgan fingerprint density at radius 2 is 1.92 bits per heavy atom. The highest BCUT2D eigenvalue weighted by Crippen LogP contribution is 2.28. The summed E-state index contributed by atoms with van der Waals surface area (Å²) in [6.07, 6.45) is 0. The van der Waals surface area contributed by atoms with Crippen LogP contribution >= 0.6 is 27.3 Å². The minimum absolute atomic E-state index is 0.203. The zero-order chi connectivity index (χ0) is 17.3. The molecule has 2 N–H and O–H groups in total. The molecule has 126 valence electrons. The Bertz CT molecular complexity index is 764. The molecule has 24 heavy (non-hydrogen) atoms. The quantitative estimate of drug-likeness (QED) is 0.742. The molecule has 5 nitrogen and oxygen atoms in total. The fraction of sp³-hybridized carbons (Fsp3) is 0.294. The number of imide groups is 1. The van der Waals surface area contributed by atoms with Crippen LogP contribution in [0.2, 0.25) is 0 Å². The Hall–Kier alpha value is -1.70. The fourth-order valence-electron chi connectivity index (χ4n) is 2.88. The van der Waals surface area contributed by atoms with Crippen LogP contribution in [0.5, 0.6) is 0 Å². The number of amides is 3. The van der Waals surface area contributed by atoms with E-state index < -0.39 is 5.54 Å². The van der Waals surface area contributed by atoms with Crippen LogP contribution in [0.15, 0.2) is 46.3 Å². The van der Waals surface area contributed by atoms with Crippen LogP contribution in [0.1, 0.15) is 17.4 Å². The maximum atomic E-state index is 12.9. The molecule has 0 radical (unpaired) electrons. The number of urea groups is 1. The van der Waals surface area contributed by atoms with Gasteiger partial charge in [0.25, 0.3) is 5.91 Å². The molecule has 1 saturated heterocycles. The number of hydrogen-bond acceptors (Lipinski definition) is 3. The van der Waals surface area contributed by atoms with E-state index in [2.05, 4.69) is 27.3 Å². The molecule has 2 heterocycles. The van der Waals surface area contributed by atoms with Crippen LogP contribution in [-0.2, 0) is 16.9 Å². The molecule has 2 atom stereocenters. The number of carbonyl (C=O) groups is 2. The fourth-order valence-corrected chi connectivity index (χ4v) is 4.47. The molecular weight excluding hydrogens is 390 g/mol. The molecule has 0 bridgehead atoms. The topological polar surface area (TPSA) is 53.9 Å². The summed E-state index contributed by atoms with van der Waals surface area (Å²) in [6.45, 7) is 2.85. The van der Waals surface area contributed by atoms with Gasteiger partial charge in [-0.25, -0.2) is 9.69 Å². The number of hydrogen-bond donors (Lipinski definition) is 2. The third-order valence-electron chi connectivity index (χ3n) is 4.16. The molecule has 1 aliphatic heterocycles. The minimum atomic E-state index is -0.995. The monoisotopic (exact) mass is 408 g/mol. The van der Waals surface area contributed by atoms with Crippen molar-refractivity contribution in [1.29, 1.82) is 0 Å². The van der Waals surface area contributed by atoms with Gasteiger partial charge in [0.05, 0.1) is 15.7 Å². The van der Waals surface area contributed by atoms with Crippen LogP contribution in [0.4, 0.5) is 4.79 Å². The SMILES string of the molecule is C[NH+](Cc1ccc(Br)s1)CN1C(=O)N[C@](C)(c2ccccc2)C1=O. The lowest BCUT2D eigenvalue weighted by molar-refractivity contribution is -0.900. The number of quaternary nitrogens is 1. The molecule has 1 aromatic heterocycles. The second kappa shape index (κ2) is 6.66. The summed E-state index contributed by atoms with van der Waals surface area (Å²) in [7, 11) is 1.98. The third kappa shape index (κ3) is 3.24. The number of nitrogens with zero attached hydrogens (tertiary/aromatic N) is 1. The molecule has 0 aliphatic carbocycles. The lowest BCUT2D eigenvalue weighted by Gasteiger charge is -2.23. The predicted octanol–water partition coefficient (Wildman–Crippen LogP) is 1.95. The van der Waals surface area contributed by atoms with Crippen molar-refractivity contribution in [3.63, 3.8) is 0 Å². The second-order valence-corrected chi connectivity index (χ2v) is 8.70. The third-order valence-corrected chi connectivity index (χ3v) is 5.78. The summed E-state index contributed by atoms with van der Waals surface area (Å²) in [5, 5.41) is 2.84. The first-order valence-corrected chi connectivity index (χ1v) is 9.26. The van der Waals surface area contributed by atoms with Crippen molar-refractivity contribution in [2.75, 3.05) is 13.7 Å². The van der Waals surface area contributed by atoms with E-state index in [-0.39, 0.29) is 11.9 Å². The van der Waals surface area contributed by atoms with Gasteiger partial charge in [-0.1, -0.05) is 30.3 Å². The van der Waals surface area contributed by atoms with Crippen molar-refractivity contribution in [2.45, 2.75) is 19.0 Å². The van der Waals surface area contributed by atoms with E-state index in [0.29, 0.717) is 6.67 Å². The van der Waals surface area contributed by atoms with Gasteiger partial charge in [-0.15, -0.1) is 11.3 Å². The van der Waals surface area contributed by atoms with Gasteiger partial charge in [0.2, 0.25) is 0 Å². The molecule has 1 fully saturated rings. The van der Waals surface area contributed by atoms with Crippen molar-refractivity contribution in [2.24, 2.45) is 0 Å². The zero-order valence-electron chi connectivity index (χ0n) is 13.5. The number of carbonyl (C=O) groups excluding carboxylic acids is 2. The van der Waals surface area contributed by atoms with Gasteiger partial charge in [0.1, 0.15) is 12.1 Å². The highest BCUT2D eigenvalue weighted by Gasteiger charge is 2.49. The molecule has 7 heteroatoms. The number of halogens is 1. The Labute approximate surface area is 153 Å². The van der Waals surface area contributed by atoms with Crippen LogP contribution in [0.25, 0.3) is 0 Å². The first kappa shape index (κ1) is 17.1. The maximum Gasteiger partial charge on any atom is 0.329 e. The molecule has 0 saturated carbocycles. The minimum Gasteiger partial charge on any atom is -0.319 e. The number of benzene rings is 1. The highest BCUT2D eigenvalue weighted by molar-refractivity contribution is 9.11. The van der Waals surface area contributed by atoms with Gasteiger partial charge >= 0.3 is 6.03 Å². The maximum absolute atomic E-state index is 12.9. The summed E-state index contributed by atoms with van der Waals surface area (Å²) in [4.78, 5) is 28.8. The van der Waals surface area contributed by atoms with Gasteiger partial charge in [0, 0.05) is 0 Å². The Morgan fingerprint density at radius 3 is 2.54 bits per heavy atom. The Morgan fingerprint density at radius 1 is 1.21 bits per heavy atom. The van der Waals surface area contributed by atoms with E-state index >= 15 is 0 Å². The van der Waals surface area contributed by atoms with E-state index in [1.807, 2.05) is 43.4 Å².